The van der Waals surface area contributed by atoms with Gasteiger partial charge in [0.05, 0.1) is 12.2 Å². The van der Waals surface area contributed by atoms with Crippen LogP contribution in [0.15, 0.2) is 97.2 Å². The second-order valence-corrected chi connectivity index (χ2v) is 7.86. The summed E-state index contributed by atoms with van der Waals surface area (Å²) in [4.78, 5) is 24.2. The molecule has 2 amide bonds. The Hall–Kier alpha value is -4.49. The molecule has 0 saturated carbocycles. The summed E-state index contributed by atoms with van der Waals surface area (Å²) >= 11 is 0. The molecule has 0 spiro atoms. The molecule has 0 radical (unpaired) electrons. The number of rotatable bonds is 9. The van der Waals surface area contributed by atoms with Crippen molar-refractivity contribution >= 4 is 29.3 Å². The second kappa shape index (κ2) is 11.6. The van der Waals surface area contributed by atoms with Crippen LogP contribution in [0.5, 0.6) is 0 Å². The van der Waals surface area contributed by atoms with E-state index in [0.717, 1.165) is 22.4 Å². The van der Waals surface area contributed by atoms with Gasteiger partial charge in [0.2, 0.25) is 11.8 Å². The van der Waals surface area contributed by atoms with Crippen LogP contribution in [0.25, 0.3) is 17.3 Å². The lowest BCUT2D eigenvalue weighted by atomic mass is 10.1. The van der Waals surface area contributed by atoms with Gasteiger partial charge in [-0.05, 0) is 35.9 Å². The molecule has 0 fully saturated rings. The number of nitrogens with one attached hydrogen (secondary N) is 2. The number of hydrogen-bond donors (Lipinski definition) is 2. The minimum atomic E-state index is -0.268. The number of carbonyl (C=O) groups is 2. The first-order chi connectivity index (χ1) is 17.1. The van der Waals surface area contributed by atoms with E-state index >= 15 is 0 Å². The zero-order valence-corrected chi connectivity index (χ0v) is 19.3. The van der Waals surface area contributed by atoms with Crippen LogP contribution in [0.4, 0.5) is 11.4 Å². The molecular weight excluding hydrogens is 440 g/mol. The molecule has 1 aromatic heterocycles. The molecule has 35 heavy (non-hydrogen) atoms. The Balaban J connectivity index is 1.47. The van der Waals surface area contributed by atoms with Gasteiger partial charge in [0.15, 0.2) is 0 Å². The lowest BCUT2D eigenvalue weighted by molar-refractivity contribution is -0.119. The molecule has 0 aliphatic carbocycles. The lowest BCUT2D eigenvalue weighted by Gasteiger charge is -2.06. The van der Waals surface area contributed by atoms with Crippen LogP contribution < -0.4 is 10.6 Å². The van der Waals surface area contributed by atoms with Crippen LogP contribution in [-0.2, 0) is 20.9 Å². The Morgan fingerprint density at radius 2 is 1.51 bits per heavy atom. The number of aromatic nitrogens is 2. The molecule has 0 atom stereocenters. The average Bonchev–Trinajstić information content (AvgIpc) is 3.28. The molecule has 4 rings (SSSR count). The summed E-state index contributed by atoms with van der Waals surface area (Å²) < 4.78 is 6.68. The minimum absolute atomic E-state index is 0.0177. The van der Waals surface area contributed by atoms with Gasteiger partial charge < -0.3 is 15.4 Å². The second-order valence-electron chi connectivity index (χ2n) is 7.86. The standard InChI is InChI=1S/C28H26N4O3/c1-35-20-27(34)30-25-15-13-24(14-16-25)29-26(33)17-12-23-19-32(18-21-8-4-2-5-9-21)31-28(23)22-10-6-3-7-11-22/h2-17,19H,18,20H2,1H3,(H,29,33)(H,30,34)/b17-12+. The third-order valence-electron chi connectivity index (χ3n) is 5.15. The van der Waals surface area contributed by atoms with E-state index in [1.807, 2.05) is 59.4 Å². The van der Waals surface area contributed by atoms with Gasteiger partial charge in [0.25, 0.3) is 0 Å². The van der Waals surface area contributed by atoms with Crippen molar-refractivity contribution < 1.29 is 14.3 Å². The molecule has 7 nitrogen and oxygen atoms in total. The SMILES string of the molecule is COCC(=O)Nc1ccc(NC(=O)/C=C/c2cn(Cc3ccccc3)nc2-c2ccccc2)cc1. The van der Waals surface area contributed by atoms with Gasteiger partial charge in [-0.15, -0.1) is 0 Å². The number of nitrogens with zero attached hydrogens (tertiary/aromatic N) is 2. The quantitative estimate of drug-likeness (QED) is 0.346. The summed E-state index contributed by atoms with van der Waals surface area (Å²) in [6.45, 7) is 0.615. The Bertz CT molecular complexity index is 1300. The van der Waals surface area contributed by atoms with Crippen molar-refractivity contribution in [3.05, 3.63) is 108 Å². The molecule has 2 N–H and O–H groups in total. The Kier molecular flexibility index (Phi) is 7.83. The van der Waals surface area contributed by atoms with Gasteiger partial charge in [-0.3, -0.25) is 14.3 Å². The van der Waals surface area contributed by atoms with E-state index in [2.05, 4.69) is 22.8 Å². The van der Waals surface area contributed by atoms with Crippen LogP contribution in [0, 0.1) is 0 Å². The predicted molar refractivity (Wildman–Crippen MR) is 138 cm³/mol. The van der Waals surface area contributed by atoms with Crippen molar-refractivity contribution in [1.29, 1.82) is 0 Å². The fourth-order valence-corrected chi connectivity index (χ4v) is 3.55. The Morgan fingerprint density at radius 1 is 0.886 bits per heavy atom. The number of amides is 2. The zero-order valence-electron chi connectivity index (χ0n) is 19.3. The van der Waals surface area contributed by atoms with E-state index in [1.54, 1.807) is 30.3 Å². The first-order valence-corrected chi connectivity index (χ1v) is 11.2. The van der Waals surface area contributed by atoms with Gasteiger partial charge >= 0.3 is 0 Å². The lowest BCUT2D eigenvalue weighted by Crippen LogP contribution is -2.17. The number of carbonyl (C=O) groups excluding carboxylic acids is 2. The highest BCUT2D eigenvalue weighted by Crippen LogP contribution is 2.23. The summed E-state index contributed by atoms with van der Waals surface area (Å²) in [5, 5.41) is 10.3. The molecule has 0 bridgehead atoms. The summed E-state index contributed by atoms with van der Waals surface area (Å²) in [6, 6.07) is 26.9. The van der Waals surface area contributed by atoms with Gasteiger partial charge in [0, 0.05) is 41.9 Å². The Morgan fingerprint density at radius 3 is 2.17 bits per heavy atom. The molecule has 0 aliphatic heterocycles. The Labute approximate surface area is 204 Å². The van der Waals surface area contributed by atoms with Gasteiger partial charge in [-0.25, -0.2) is 0 Å². The topological polar surface area (TPSA) is 85.3 Å². The van der Waals surface area contributed by atoms with Crippen LogP contribution in [0.2, 0.25) is 0 Å². The van der Waals surface area contributed by atoms with Crippen LogP contribution in [0.3, 0.4) is 0 Å². The molecule has 0 saturated heterocycles. The van der Waals surface area contributed by atoms with Crippen molar-refractivity contribution in [2.75, 3.05) is 24.4 Å². The highest BCUT2D eigenvalue weighted by Gasteiger charge is 2.10. The maximum absolute atomic E-state index is 12.6. The number of benzene rings is 3. The first kappa shape index (κ1) is 23.7. The number of hydrogen-bond acceptors (Lipinski definition) is 4. The fraction of sp³-hybridized carbons (Fsp3) is 0.107. The van der Waals surface area contributed by atoms with Crippen LogP contribution in [0.1, 0.15) is 11.1 Å². The fourth-order valence-electron chi connectivity index (χ4n) is 3.55. The summed E-state index contributed by atoms with van der Waals surface area (Å²) in [5.41, 5.74) is 5.02. The number of methoxy groups -OCH3 is 1. The summed E-state index contributed by atoms with van der Waals surface area (Å²) in [6.07, 6.45) is 5.20. The van der Waals surface area contributed by atoms with Crippen molar-refractivity contribution in [1.82, 2.24) is 9.78 Å². The van der Waals surface area contributed by atoms with Crippen molar-refractivity contribution in [3.63, 3.8) is 0 Å². The molecule has 1 heterocycles. The third-order valence-corrected chi connectivity index (χ3v) is 5.15. The van der Waals surface area contributed by atoms with Crippen molar-refractivity contribution in [3.8, 4) is 11.3 Å². The van der Waals surface area contributed by atoms with Crippen LogP contribution in [-0.4, -0.2) is 35.3 Å². The molecule has 3 aromatic carbocycles. The maximum Gasteiger partial charge on any atom is 0.250 e. The van der Waals surface area contributed by atoms with Crippen molar-refractivity contribution in [2.45, 2.75) is 6.54 Å². The molecule has 176 valence electrons. The largest absolute Gasteiger partial charge is 0.375 e. The normalized spacial score (nSPS) is 10.9. The molecule has 0 unspecified atom stereocenters. The highest BCUT2D eigenvalue weighted by atomic mass is 16.5. The van der Waals surface area contributed by atoms with Gasteiger partial charge in [-0.1, -0.05) is 60.7 Å². The van der Waals surface area contributed by atoms with Crippen LogP contribution >= 0.6 is 0 Å². The van der Waals surface area contributed by atoms with E-state index in [4.69, 9.17) is 9.84 Å². The van der Waals surface area contributed by atoms with E-state index in [9.17, 15) is 9.59 Å². The third kappa shape index (κ3) is 6.75. The summed E-state index contributed by atoms with van der Waals surface area (Å²) in [7, 11) is 1.46. The predicted octanol–water partition coefficient (Wildman–Crippen LogP) is 4.84. The minimum Gasteiger partial charge on any atom is -0.375 e. The average molecular weight is 467 g/mol. The van der Waals surface area contributed by atoms with E-state index in [-0.39, 0.29) is 18.4 Å². The van der Waals surface area contributed by atoms with E-state index in [0.29, 0.717) is 17.9 Å². The highest BCUT2D eigenvalue weighted by molar-refractivity contribution is 6.02. The maximum atomic E-state index is 12.6. The zero-order chi connectivity index (χ0) is 24.5. The van der Waals surface area contributed by atoms with Gasteiger partial charge in [0.1, 0.15) is 6.61 Å². The monoisotopic (exact) mass is 466 g/mol. The molecular formula is C28H26N4O3. The van der Waals surface area contributed by atoms with E-state index in [1.165, 1.54) is 13.2 Å². The van der Waals surface area contributed by atoms with Crippen molar-refractivity contribution in [2.24, 2.45) is 0 Å². The smallest absolute Gasteiger partial charge is 0.250 e. The summed E-state index contributed by atoms with van der Waals surface area (Å²) in [5.74, 6) is -0.509. The number of ether oxygens (including phenoxy) is 1. The first-order valence-electron chi connectivity index (χ1n) is 11.2. The molecule has 0 aliphatic rings. The van der Waals surface area contributed by atoms with E-state index < -0.39 is 0 Å². The molecule has 4 aromatic rings. The number of anilines is 2. The van der Waals surface area contributed by atoms with Gasteiger partial charge in [-0.2, -0.15) is 5.10 Å². The molecule has 7 heteroatoms.